The van der Waals surface area contributed by atoms with Crippen LogP contribution in [-0.4, -0.2) is 14.5 Å². The van der Waals surface area contributed by atoms with Gasteiger partial charge in [-0.1, -0.05) is 32.4 Å². The van der Waals surface area contributed by atoms with Gasteiger partial charge in [-0.15, -0.1) is 0 Å². The van der Waals surface area contributed by atoms with Crippen molar-refractivity contribution in [2.24, 2.45) is 11.1 Å². The first-order valence-electron chi connectivity index (χ1n) is 7.57. The topological polar surface area (TPSA) is 72.2 Å². The van der Waals surface area contributed by atoms with Gasteiger partial charge in [0.1, 0.15) is 0 Å². The first kappa shape index (κ1) is 16.5. The summed E-state index contributed by atoms with van der Waals surface area (Å²) in [6.07, 6.45) is 4.03. The highest BCUT2D eigenvalue weighted by atomic mass is 32.2. The summed E-state index contributed by atoms with van der Waals surface area (Å²) in [5.74, 6) is 0. The van der Waals surface area contributed by atoms with Crippen LogP contribution in [0.25, 0.3) is 0 Å². The second kappa shape index (κ2) is 6.07. The zero-order valence-electron chi connectivity index (χ0n) is 13.1. The molecule has 0 radical (unpaired) electrons. The van der Waals surface area contributed by atoms with Crippen molar-refractivity contribution in [2.45, 2.75) is 63.4 Å². The Bertz CT molecular complexity index is 594. The van der Waals surface area contributed by atoms with E-state index >= 15 is 0 Å². The van der Waals surface area contributed by atoms with Gasteiger partial charge in [-0.25, -0.2) is 13.1 Å². The molecule has 0 aromatic heterocycles. The highest BCUT2D eigenvalue weighted by Gasteiger charge is 2.30. The van der Waals surface area contributed by atoms with Gasteiger partial charge in [0, 0.05) is 12.1 Å². The molecular formula is C16H26N2O2S. The van der Waals surface area contributed by atoms with Crippen molar-refractivity contribution in [3.8, 4) is 0 Å². The van der Waals surface area contributed by atoms with Gasteiger partial charge in [0.05, 0.1) is 4.90 Å². The normalized spacial score (nSPS) is 23.7. The Kier molecular flexibility index (Phi) is 4.76. The van der Waals surface area contributed by atoms with E-state index in [2.05, 4.69) is 18.6 Å². The lowest BCUT2D eigenvalue weighted by atomic mass is 9.75. The Morgan fingerprint density at radius 2 is 2.10 bits per heavy atom. The Balaban J connectivity index is 2.17. The van der Waals surface area contributed by atoms with E-state index in [1.54, 1.807) is 18.2 Å². The minimum Gasteiger partial charge on any atom is -0.324 e. The maximum absolute atomic E-state index is 12.5. The van der Waals surface area contributed by atoms with Crippen molar-refractivity contribution in [3.05, 3.63) is 29.8 Å². The van der Waals surface area contributed by atoms with E-state index < -0.39 is 10.0 Å². The summed E-state index contributed by atoms with van der Waals surface area (Å²) in [6.45, 7) is 6.25. The van der Waals surface area contributed by atoms with Crippen LogP contribution in [0.5, 0.6) is 0 Å². The van der Waals surface area contributed by atoms with Crippen LogP contribution in [0, 0.1) is 5.41 Å². The summed E-state index contributed by atoms with van der Waals surface area (Å²) in [5, 5.41) is 0. The number of benzene rings is 1. The summed E-state index contributed by atoms with van der Waals surface area (Å²) in [4.78, 5) is 0.306. The summed E-state index contributed by atoms with van der Waals surface area (Å²) in [5.41, 5.74) is 6.87. The van der Waals surface area contributed by atoms with Gasteiger partial charge in [-0.05, 0) is 49.3 Å². The fraction of sp³-hybridized carbons (Fsp3) is 0.625. The number of sulfonamides is 1. The number of rotatable bonds is 4. The molecule has 1 fully saturated rings. The molecule has 1 aromatic carbocycles. The Morgan fingerprint density at radius 1 is 1.38 bits per heavy atom. The van der Waals surface area contributed by atoms with Crippen molar-refractivity contribution < 1.29 is 8.42 Å². The van der Waals surface area contributed by atoms with Gasteiger partial charge < -0.3 is 5.73 Å². The molecule has 1 aromatic rings. The van der Waals surface area contributed by atoms with Gasteiger partial charge in [0.15, 0.2) is 0 Å². The summed E-state index contributed by atoms with van der Waals surface area (Å²) < 4.78 is 27.9. The quantitative estimate of drug-likeness (QED) is 0.898. The fourth-order valence-corrected chi connectivity index (χ4v) is 4.38. The lowest BCUT2D eigenvalue weighted by Gasteiger charge is -2.35. The molecule has 2 unspecified atom stereocenters. The molecule has 5 heteroatoms. The lowest BCUT2D eigenvalue weighted by Crippen LogP contribution is -2.40. The molecule has 4 nitrogen and oxygen atoms in total. The van der Waals surface area contributed by atoms with Crippen LogP contribution < -0.4 is 10.5 Å². The fourth-order valence-electron chi connectivity index (χ4n) is 3.05. The summed E-state index contributed by atoms with van der Waals surface area (Å²) >= 11 is 0. The zero-order valence-corrected chi connectivity index (χ0v) is 13.9. The minimum atomic E-state index is -3.47. The van der Waals surface area contributed by atoms with Crippen LogP contribution in [0.15, 0.2) is 29.2 Å². The molecule has 118 valence electrons. The van der Waals surface area contributed by atoms with E-state index in [0.29, 0.717) is 4.90 Å². The van der Waals surface area contributed by atoms with Crippen molar-refractivity contribution in [1.82, 2.24) is 4.72 Å². The van der Waals surface area contributed by atoms with E-state index in [1.807, 2.05) is 13.0 Å². The minimum absolute atomic E-state index is 0.0257. The predicted octanol–water partition coefficient (Wildman–Crippen LogP) is 2.95. The van der Waals surface area contributed by atoms with Crippen LogP contribution in [-0.2, 0) is 10.0 Å². The molecule has 21 heavy (non-hydrogen) atoms. The van der Waals surface area contributed by atoms with E-state index in [1.165, 1.54) is 0 Å². The third kappa shape index (κ3) is 4.28. The van der Waals surface area contributed by atoms with Crippen molar-refractivity contribution in [2.75, 3.05) is 0 Å². The number of nitrogens with one attached hydrogen (secondary N) is 1. The van der Waals surface area contributed by atoms with E-state index in [0.717, 1.165) is 31.2 Å². The molecular weight excluding hydrogens is 284 g/mol. The monoisotopic (exact) mass is 310 g/mol. The highest BCUT2D eigenvalue weighted by molar-refractivity contribution is 7.89. The number of hydrogen-bond acceptors (Lipinski definition) is 3. The number of hydrogen-bond donors (Lipinski definition) is 2. The third-order valence-electron chi connectivity index (χ3n) is 4.22. The van der Waals surface area contributed by atoms with Crippen LogP contribution in [0.2, 0.25) is 0 Å². The molecule has 3 N–H and O–H groups in total. The van der Waals surface area contributed by atoms with Crippen LogP contribution in [0.1, 0.15) is 58.1 Å². The van der Waals surface area contributed by atoms with Gasteiger partial charge >= 0.3 is 0 Å². The molecule has 2 atom stereocenters. The Morgan fingerprint density at radius 3 is 2.71 bits per heavy atom. The molecule has 2 rings (SSSR count). The molecule has 1 aliphatic carbocycles. The molecule has 1 aliphatic rings. The molecule has 0 aliphatic heterocycles. The predicted molar refractivity (Wildman–Crippen MR) is 85.4 cm³/mol. The number of nitrogens with two attached hydrogens (primary N) is 1. The first-order valence-corrected chi connectivity index (χ1v) is 9.06. The first-order chi connectivity index (χ1) is 9.70. The molecule has 1 saturated carbocycles. The van der Waals surface area contributed by atoms with Gasteiger partial charge in [-0.2, -0.15) is 0 Å². The summed E-state index contributed by atoms with van der Waals surface area (Å²) in [6, 6.07) is 6.75. The smallest absolute Gasteiger partial charge is 0.240 e. The lowest BCUT2D eigenvalue weighted by molar-refractivity contribution is 0.212. The van der Waals surface area contributed by atoms with Crippen LogP contribution in [0.4, 0.5) is 0 Å². The molecule has 0 amide bonds. The maximum Gasteiger partial charge on any atom is 0.240 e. The van der Waals surface area contributed by atoms with Crippen molar-refractivity contribution >= 4 is 10.0 Å². The van der Waals surface area contributed by atoms with Crippen LogP contribution >= 0.6 is 0 Å². The highest BCUT2D eigenvalue weighted by Crippen LogP contribution is 2.35. The SMILES string of the molecule is CC(N)c1cccc(S(=O)(=O)NC2CCCC(C)(C)C2)c1. The zero-order chi connectivity index (χ0) is 15.7. The Labute approximate surface area is 128 Å². The van der Waals surface area contributed by atoms with Gasteiger partial charge in [0.2, 0.25) is 10.0 Å². The van der Waals surface area contributed by atoms with E-state index in [4.69, 9.17) is 5.73 Å². The molecule has 0 spiro atoms. The standard InChI is InChI=1S/C16H26N2O2S/c1-12(17)13-6-4-8-15(10-13)21(19,20)18-14-7-5-9-16(2,3)11-14/h4,6,8,10,12,14,18H,5,7,9,11,17H2,1-3H3. The van der Waals surface area contributed by atoms with E-state index in [9.17, 15) is 8.42 Å². The molecule has 0 bridgehead atoms. The van der Waals surface area contributed by atoms with Gasteiger partial charge in [0.25, 0.3) is 0 Å². The van der Waals surface area contributed by atoms with Gasteiger partial charge in [-0.3, -0.25) is 0 Å². The van der Waals surface area contributed by atoms with Crippen molar-refractivity contribution in [1.29, 1.82) is 0 Å². The Hall–Kier alpha value is -0.910. The third-order valence-corrected chi connectivity index (χ3v) is 5.74. The average Bonchev–Trinajstić information content (AvgIpc) is 2.37. The molecule has 0 saturated heterocycles. The largest absolute Gasteiger partial charge is 0.324 e. The average molecular weight is 310 g/mol. The second-order valence-electron chi connectivity index (χ2n) is 6.94. The second-order valence-corrected chi connectivity index (χ2v) is 8.65. The van der Waals surface area contributed by atoms with Crippen LogP contribution in [0.3, 0.4) is 0 Å². The molecule has 0 heterocycles. The summed E-state index contributed by atoms with van der Waals surface area (Å²) in [7, 11) is -3.47. The van der Waals surface area contributed by atoms with Crippen molar-refractivity contribution in [3.63, 3.8) is 0 Å². The van der Waals surface area contributed by atoms with E-state index in [-0.39, 0.29) is 17.5 Å². The maximum atomic E-state index is 12.5.